The first-order valence-electron chi connectivity index (χ1n) is 9.07. The molecule has 0 saturated carbocycles. The van der Waals surface area contributed by atoms with Crippen LogP contribution in [-0.2, 0) is 11.0 Å². The zero-order valence-corrected chi connectivity index (χ0v) is 17.9. The number of halogens is 4. The second-order valence-corrected chi connectivity index (χ2v) is 7.79. The molecule has 0 fully saturated rings. The molecule has 2 N–H and O–H groups in total. The van der Waals surface area contributed by atoms with Gasteiger partial charge >= 0.3 is 6.18 Å². The average molecular weight is 471 g/mol. The maximum atomic E-state index is 12.6. The normalized spacial score (nSPS) is 11.4. The summed E-state index contributed by atoms with van der Waals surface area (Å²) in [5.41, 5.74) is 1.10. The highest BCUT2D eigenvalue weighted by atomic mass is 35.5. The Morgan fingerprint density at radius 3 is 2.65 bits per heavy atom. The lowest BCUT2D eigenvalue weighted by molar-refractivity contribution is -0.137. The van der Waals surface area contributed by atoms with Crippen molar-refractivity contribution in [1.82, 2.24) is 25.1 Å². The first kappa shape index (κ1) is 22.9. The van der Waals surface area contributed by atoms with Gasteiger partial charge in [0, 0.05) is 25.0 Å². The SMILES string of the molecule is Cc1ccc(-n2cnnc2SCC(=O)NCCNc2ncc(C(F)(F)F)cc2Cl)cc1. The van der Waals surface area contributed by atoms with Gasteiger partial charge in [-0.25, -0.2) is 4.98 Å². The van der Waals surface area contributed by atoms with Crippen LogP contribution in [-0.4, -0.2) is 44.5 Å². The Morgan fingerprint density at radius 2 is 1.97 bits per heavy atom. The molecular weight excluding hydrogens is 453 g/mol. The van der Waals surface area contributed by atoms with Gasteiger partial charge in [0.2, 0.25) is 5.91 Å². The van der Waals surface area contributed by atoms with Crippen LogP contribution in [0.1, 0.15) is 11.1 Å². The molecular formula is C19H18ClF3N6OS. The van der Waals surface area contributed by atoms with Gasteiger partial charge in [0.05, 0.1) is 16.3 Å². The third-order valence-electron chi connectivity index (χ3n) is 4.07. The molecule has 1 amide bonds. The fraction of sp³-hybridized carbons (Fsp3) is 0.263. The number of amides is 1. The summed E-state index contributed by atoms with van der Waals surface area (Å²) in [7, 11) is 0. The number of nitrogens with one attached hydrogen (secondary N) is 2. The Kier molecular flexibility index (Phi) is 7.39. The van der Waals surface area contributed by atoms with Crippen LogP contribution in [0, 0.1) is 6.92 Å². The minimum absolute atomic E-state index is 0.115. The van der Waals surface area contributed by atoms with Gasteiger partial charge in [-0.2, -0.15) is 13.2 Å². The molecule has 0 saturated heterocycles. The van der Waals surface area contributed by atoms with Crippen molar-refractivity contribution < 1.29 is 18.0 Å². The van der Waals surface area contributed by atoms with Crippen molar-refractivity contribution in [3.8, 4) is 5.69 Å². The molecule has 1 aromatic carbocycles. The average Bonchev–Trinajstić information content (AvgIpc) is 3.19. The van der Waals surface area contributed by atoms with E-state index in [4.69, 9.17) is 11.6 Å². The summed E-state index contributed by atoms with van der Waals surface area (Å²) in [6.07, 6.45) is -2.23. The molecule has 0 bridgehead atoms. The predicted molar refractivity (Wildman–Crippen MR) is 113 cm³/mol. The van der Waals surface area contributed by atoms with Crippen LogP contribution in [0.3, 0.4) is 0 Å². The molecule has 2 heterocycles. The molecule has 0 atom stereocenters. The van der Waals surface area contributed by atoms with Crippen molar-refractivity contribution in [3.63, 3.8) is 0 Å². The molecule has 0 aliphatic rings. The second-order valence-electron chi connectivity index (χ2n) is 6.44. The Balaban J connectivity index is 1.44. The predicted octanol–water partition coefficient (Wildman–Crippen LogP) is 3.96. The molecule has 0 spiro atoms. The van der Waals surface area contributed by atoms with Gasteiger partial charge in [-0.15, -0.1) is 10.2 Å². The smallest absolute Gasteiger partial charge is 0.367 e. The van der Waals surface area contributed by atoms with Crippen molar-refractivity contribution in [1.29, 1.82) is 0 Å². The number of aryl methyl sites for hydroxylation is 1. The Morgan fingerprint density at radius 1 is 1.23 bits per heavy atom. The minimum Gasteiger partial charge on any atom is -0.367 e. The minimum atomic E-state index is -4.51. The summed E-state index contributed by atoms with van der Waals surface area (Å²) in [6.45, 7) is 2.48. The molecule has 12 heteroatoms. The lowest BCUT2D eigenvalue weighted by Gasteiger charge is -2.11. The molecule has 31 heavy (non-hydrogen) atoms. The number of carbonyl (C=O) groups excluding carboxylic acids is 1. The van der Waals surface area contributed by atoms with Crippen molar-refractivity contribution in [2.24, 2.45) is 0 Å². The van der Waals surface area contributed by atoms with Crippen LogP contribution in [0.4, 0.5) is 19.0 Å². The van der Waals surface area contributed by atoms with E-state index in [2.05, 4.69) is 25.8 Å². The molecule has 0 aliphatic carbocycles. The number of thioether (sulfide) groups is 1. The third kappa shape index (κ3) is 6.34. The maximum absolute atomic E-state index is 12.6. The summed E-state index contributed by atoms with van der Waals surface area (Å²) in [4.78, 5) is 15.8. The number of carbonyl (C=O) groups is 1. The van der Waals surface area contributed by atoms with Crippen LogP contribution >= 0.6 is 23.4 Å². The fourth-order valence-electron chi connectivity index (χ4n) is 2.49. The quantitative estimate of drug-likeness (QED) is 0.383. The van der Waals surface area contributed by atoms with E-state index in [-0.39, 0.29) is 35.6 Å². The molecule has 3 rings (SSSR count). The summed E-state index contributed by atoms with van der Waals surface area (Å²) < 4.78 is 39.7. The third-order valence-corrected chi connectivity index (χ3v) is 5.30. The van der Waals surface area contributed by atoms with Crippen molar-refractivity contribution >= 4 is 35.1 Å². The second kappa shape index (κ2) is 10.0. The van der Waals surface area contributed by atoms with Crippen molar-refractivity contribution in [3.05, 3.63) is 59.0 Å². The van der Waals surface area contributed by atoms with Crippen LogP contribution in [0.25, 0.3) is 5.69 Å². The summed E-state index contributed by atoms with van der Waals surface area (Å²) in [5, 5.41) is 13.9. The standard InChI is InChI=1S/C19H18ClF3N6OS/c1-12-2-4-14(5-3-12)29-11-27-28-18(29)31-10-16(30)24-6-7-25-17-15(20)8-13(9-26-17)19(21,22)23/h2-5,8-9,11H,6-7,10H2,1H3,(H,24,30)(H,25,26). The van der Waals surface area contributed by atoms with Crippen molar-refractivity contribution in [2.75, 3.05) is 24.2 Å². The van der Waals surface area contributed by atoms with E-state index in [1.807, 2.05) is 31.2 Å². The highest BCUT2D eigenvalue weighted by molar-refractivity contribution is 7.99. The van der Waals surface area contributed by atoms with Gasteiger partial charge in [-0.3, -0.25) is 9.36 Å². The van der Waals surface area contributed by atoms with Crippen LogP contribution in [0.15, 0.2) is 48.0 Å². The first-order chi connectivity index (χ1) is 14.7. The molecule has 2 aromatic heterocycles. The van der Waals surface area contributed by atoms with E-state index in [9.17, 15) is 18.0 Å². The number of alkyl halides is 3. The van der Waals surface area contributed by atoms with Gasteiger partial charge < -0.3 is 10.6 Å². The number of anilines is 1. The lowest BCUT2D eigenvalue weighted by atomic mass is 10.2. The molecule has 3 aromatic rings. The van der Waals surface area contributed by atoms with Crippen LogP contribution in [0.2, 0.25) is 5.02 Å². The maximum Gasteiger partial charge on any atom is 0.417 e. The van der Waals surface area contributed by atoms with E-state index in [1.165, 1.54) is 11.8 Å². The molecule has 0 aliphatic heterocycles. The number of rotatable bonds is 8. The number of benzene rings is 1. The van der Waals surface area contributed by atoms with E-state index in [0.29, 0.717) is 11.4 Å². The van der Waals surface area contributed by atoms with E-state index in [1.54, 1.807) is 10.9 Å². The highest BCUT2D eigenvalue weighted by Crippen LogP contribution is 2.32. The molecule has 0 unspecified atom stereocenters. The number of aromatic nitrogens is 4. The van der Waals surface area contributed by atoms with E-state index >= 15 is 0 Å². The van der Waals surface area contributed by atoms with Gasteiger partial charge in [-0.05, 0) is 25.1 Å². The first-order valence-corrected chi connectivity index (χ1v) is 10.4. The number of hydrogen-bond acceptors (Lipinski definition) is 6. The largest absolute Gasteiger partial charge is 0.417 e. The summed E-state index contributed by atoms with van der Waals surface area (Å²) >= 11 is 7.07. The van der Waals surface area contributed by atoms with Crippen LogP contribution in [0.5, 0.6) is 0 Å². The summed E-state index contributed by atoms with van der Waals surface area (Å²) in [5.74, 6) is 0.0188. The Bertz CT molecular complexity index is 1040. The van der Waals surface area contributed by atoms with Crippen LogP contribution < -0.4 is 10.6 Å². The molecule has 164 valence electrons. The topological polar surface area (TPSA) is 84.7 Å². The van der Waals surface area contributed by atoms with Crippen molar-refractivity contribution in [2.45, 2.75) is 18.3 Å². The van der Waals surface area contributed by atoms with Gasteiger partial charge in [0.15, 0.2) is 5.16 Å². The number of nitrogens with zero attached hydrogens (tertiary/aromatic N) is 4. The summed E-state index contributed by atoms with van der Waals surface area (Å²) in [6, 6.07) is 8.63. The highest BCUT2D eigenvalue weighted by Gasteiger charge is 2.31. The monoisotopic (exact) mass is 470 g/mol. The fourth-order valence-corrected chi connectivity index (χ4v) is 3.48. The molecule has 7 nitrogen and oxygen atoms in total. The lowest BCUT2D eigenvalue weighted by Crippen LogP contribution is -2.30. The number of hydrogen-bond donors (Lipinski definition) is 2. The van der Waals surface area contributed by atoms with E-state index < -0.39 is 11.7 Å². The van der Waals surface area contributed by atoms with E-state index in [0.717, 1.165) is 17.3 Å². The molecule has 0 radical (unpaired) electrons. The van der Waals surface area contributed by atoms with Gasteiger partial charge in [-0.1, -0.05) is 41.1 Å². The number of pyridine rings is 1. The Labute approximate surface area is 185 Å². The zero-order chi connectivity index (χ0) is 22.4. The zero-order valence-electron chi connectivity index (χ0n) is 16.3. The van der Waals surface area contributed by atoms with Gasteiger partial charge in [0.25, 0.3) is 0 Å². The Hall–Kier alpha value is -2.79. The van der Waals surface area contributed by atoms with Gasteiger partial charge in [0.1, 0.15) is 12.1 Å².